The summed E-state index contributed by atoms with van der Waals surface area (Å²) in [6, 6.07) is 1.98. The number of aliphatic carboxylic acids is 1. The Labute approximate surface area is 93.7 Å². The molecule has 4 nitrogen and oxygen atoms in total. The summed E-state index contributed by atoms with van der Waals surface area (Å²) in [6.07, 6.45) is 0. The van der Waals surface area contributed by atoms with Gasteiger partial charge < -0.3 is 5.11 Å². The summed E-state index contributed by atoms with van der Waals surface area (Å²) < 4.78 is 1.04. The molecule has 15 heavy (non-hydrogen) atoms. The number of aryl methyl sites for hydroxylation is 2. The van der Waals surface area contributed by atoms with E-state index in [4.69, 9.17) is 5.11 Å². The van der Waals surface area contributed by atoms with Crippen molar-refractivity contribution in [1.29, 1.82) is 0 Å². The van der Waals surface area contributed by atoms with Gasteiger partial charge in [-0.3, -0.25) is 9.48 Å². The van der Waals surface area contributed by atoms with E-state index in [-0.39, 0.29) is 0 Å². The fraction of sp³-hybridized carbons (Fsp3) is 0.600. The highest BCUT2D eigenvalue weighted by Gasteiger charge is 2.27. The van der Waals surface area contributed by atoms with Gasteiger partial charge in [-0.1, -0.05) is 0 Å². The summed E-state index contributed by atoms with van der Waals surface area (Å²) in [6.45, 7) is 5.35. The maximum Gasteiger partial charge on any atom is 0.319 e. The Morgan fingerprint density at radius 3 is 2.67 bits per heavy atom. The van der Waals surface area contributed by atoms with Gasteiger partial charge in [0.2, 0.25) is 0 Å². The van der Waals surface area contributed by atoms with Crippen LogP contribution in [0.3, 0.4) is 0 Å². The lowest BCUT2D eigenvalue weighted by atomic mass is 10.2. The number of nitrogens with zero attached hydrogens (tertiary/aromatic N) is 2. The van der Waals surface area contributed by atoms with Crippen LogP contribution in [0.4, 0.5) is 0 Å². The van der Waals surface area contributed by atoms with Crippen molar-refractivity contribution in [2.75, 3.05) is 0 Å². The molecule has 0 amide bonds. The van der Waals surface area contributed by atoms with Crippen LogP contribution in [0.5, 0.6) is 0 Å². The van der Waals surface area contributed by atoms with Gasteiger partial charge in [-0.05, 0) is 26.8 Å². The van der Waals surface area contributed by atoms with Crippen molar-refractivity contribution in [2.45, 2.75) is 31.3 Å². The summed E-state index contributed by atoms with van der Waals surface area (Å²) in [5.74, 6) is -0.122. The van der Waals surface area contributed by atoms with E-state index in [0.29, 0.717) is 5.75 Å². The van der Waals surface area contributed by atoms with Gasteiger partial charge in [0.25, 0.3) is 0 Å². The van der Waals surface area contributed by atoms with Crippen LogP contribution in [0.2, 0.25) is 0 Å². The maximum absolute atomic E-state index is 10.9. The number of rotatable bonds is 4. The van der Waals surface area contributed by atoms with E-state index in [2.05, 4.69) is 5.10 Å². The molecule has 0 saturated carbocycles. The molecule has 0 aliphatic rings. The van der Waals surface area contributed by atoms with Crippen molar-refractivity contribution in [3.8, 4) is 0 Å². The highest BCUT2D eigenvalue weighted by Crippen LogP contribution is 2.28. The minimum Gasteiger partial charge on any atom is -0.480 e. The molecule has 0 aliphatic heterocycles. The molecule has 0 fully saturated rings. The fourth-order valence-electron chi connectivity index (χ4n) is 1.12. The molecular weight excluding hydrogens is 212 g/mol. The quantitative estimate of drug-likeness (QED) is 0.854. The van der Waals surface area contributed by atoms with E-state index in [1.807, 2.05) is 20.0 Å². The maximum atomic E-state index is 10.9. The number of hydrogen-bond acceptors (Lipinski definition) is 3. The Kier molecular flexibility index (Phi) is 3.44. The number of hydrogen-bond donors (Lipinski definition) is 1. The second-order valence-corrected chi connectivity index (χ2v) is 5.60. The summed E-state index contributed by atoms with van der Waals surface area (Å²) >= 11 is 1.41. The first-order valence-corrected chi connectivity index (χ1v) is 5.68. The van der Waals surface area contributed by atoms with E-state index < -0.39 is 10.7 Å². The summed E-state index contributed by atoms with van der Waals surface area (Å²) in [5.41, 5.74) is 2.01. The van der Waals surface area contributed by atoms with E-state index in [0.717, 1.165) is 11.4 Å². The second kappa shape index (κ2) is 4.26. The first-order valence-electron chi connectivity index (χ1n) is 4.70. The average molecular weight is 228 g/mol. The third-order valence-corrected chi connectivity index (χ3v) is 3.53. The molecule has 0 aromatic carbocycles. The molecule has 84 valence electrons. The minimum atomic E-state index is -0.786. The SMILES string of the molecule is Cc1cc(CSC(C)(C)C(=O)O)n(C)n1. The van der Waals surface area contributed by atoms with Crippen molar-refractivity contribution in [1.82, 2.24) is 9.78 Å². The molecule has 1 aromatic rings. The zero-order valence-electron chi connectivity index (χ0n) is 9.44. The van der Waals surface area contributed by atoms with Crippen molar-refractivity contribution in [3.05, 3.63) is 17.5 Å². The molecule has 0 aliphatic carbocycles. The van der Waals surface area contributed by atoms with Crippen LogP contribution in [0.15, 0.2) is 6.07 Å². The Morgan fingerprint density at radius 1 is 1.67 bits per heavy atom. The van der Waals surface area contributed by atoms with Gasteiger partial charge in [0, 0.05) is 18.5 Å². The zero-order chi connectivity index (χ0) is 11.6. The van der Waals surface area contributed by atoms with Crippen LogP contribution in [-0.2, 0) is 17.6 Å². The monoisotopic (exact) mass is 228 g/mol. The number of carbonyl (C=O) groups is 1. The van der Waals surface area contributed by atoms with Crippen LogP contribution >= 0.6 is 11.8 Å². The zero-order valence-corrected chi connectivity index (χ0v) is 10.3. The lowest BCUT2D eigenvalue weighted by Gasteiger charge is -2.18. The van der Waals surface area contributed by atoms with E-state index >= 15 is 0 Å². The van der Waals surface area contributed by atoms with E-state index in [1.165, 1.54) is 11.8 Å². The van der Waals surface area contributed by atoms with Crippen molar-refractivity contribution < 1.29 is 9.90 Å². The molecule has 0 spiro atoms. The average Bonchev–Trinajstić information content (AvgIpc) is 2.41. The lowest BCUT2D eigenvalue weighted by molar-refractivity contribution is -0.138. The number of thioether (sulfide) groups is 1. The first kappa shape index (κ1) is 12.1. The molecule has 0 atom stereocenters. The van der Waals surface area contributed by atoms with Crippen LogP contribution in [0, 0.1) is 6.92 Å². The summed E-state index contributed by atoms with van der Waals surface area (Å²) in [5, 5.41) is 13.2. The third-order valence-electron chi connectivity index (χ3n) is 2.19. The highest BCUT2D eigenvalue weighted by atomic mass is 32.2. The Bertz CT molecular complexity index is 371. The number of carboxylic acid groups (broad SMARTS) is 1. The third kappa shape index (κ3) is 2.99. The minimum absolute atomic E-state index is 0.663. The van der Waals surface area contributed by atoms with Gasteiger partial charge in [0.1, 0.15) is 4.75 Å². The normalized spacial score (nSPS) is 11.7. The van der Waals surface area contributed by atoms with Gasteiger partial charge >= 0.3 is 5.97 Å². The van der Waals surface area contributed by atoms with Crippen LogP contribution in [0.25, 0.3) is 0 Å². The Balaban J connectivity index is 2.65. The standard InChI is InChI=1S/C10H16N2O2S/c1-7-5-8(12(4)11-7)6-15-10(2,3)9(13)14/h5H,6H2,1-4H3,(H,13,14). The van der Waals surface area contributed by atoms with Gasteiger partial charge in [0.15, 0.2) is 0 Å². The van der Waals surface area contributed by atoms with E-state index in [9.17, 15) is 4.79 Å². The molecule has 1 rings (SSSR count). The fourth-order valence-corrected chi connectivity index (χ4v) is 2.02. The molecule has 1 N–H and O–H groups in total. The molecule has 0 radical (unpaired) electrons. The van der Waals surface area contributed by atoms with E-state index in [1.54, 1.807) is 18.5 Å². The van der Waals surface area contributed by atoms with Gasteiger partial charge in [-0.25, -0.2) is 0 Å². The molecule has 5 heteroatoms. The molecule has 0 bridgehead atoms. The lowest BCUT2D eigenvalue weighted by Crippen LogP contribution is -2.27. The largest absolute Gasteiger partial charge is 0.480 e. The number of aromatic nitrogens is 2. The molecule has 0 unspecified atom stereocenters. The summed E-state index contributed by atoms with van der Waals surface area (Å²) in [4.78, 5) is 10.9. The predicted molar refractivity (Wildman–Crippen MR) is 61.0 cm³/mol. The number of carboxylic acids is 1. The van der Waals surface area contributed by atoms with Crippen molar-refractivity contribution >= 4 is 17.7 Å². The smallest absolute Gasteiger partial charge is 0.319 e. The molecule has 1 aromatic heterocycles. The van der Waals surface area contributed by atoms with Crippen molar-refractivity contribution in [2.24, 2.45) is 7.05 Å². The second-order valence-electron chi connectivity index (χ2n) is 4.00. The highest BCUT2D eigenvalue weighted by molar-refractivity contribution is 8.00. The first-order chi connectivity index (χ1) is 6.83. The topological polar surface area (TPSA) is 55.1 Å². The van der Waals surface area contributed by atoms with Gasteiger partial charge in [-0.2, -0.15) is 5.10 Å². The molecule has 1 heterocycles. The van der Waals surface area contributed by atoms with Crippen LogP contribution < -0.4 is 0 Å². The Hall–Kier alpha value is -0.970. The molecular formula is C10H16N2O2S. The van der Waals surface area contributed by atoms with Crippen LogP contribution in [0.1, 0.15) is 25.2 Å². The van der Waals surface area contributed by atoms with Gasteiger partial charge in [-0.15, -0.1) is 11.8 Å². The van der Waals surface area contributed by atoms with Crippen LogP contribution in [-0.4, -0.2) is 25.6 Å². The van der Waals surface area contributed by atoms with Crippen molar-refractivity contribution in [3.63, 3.8) is 0 Å². The summed E-state index contributed by atoms with van der Waals surface area (Å²) in [7, 11) is 1.87. The predicted octanol–water partition coefficient (Wildman–Crippen LogP) is 1.82. The Morgan fingerprint density at radius 2 is 2.27 bits per heavy atom. The van der Waals surface area contributed by atoms with Gasteiger partial charge in [0.05, 0.1) is 5.69 Å². The molecule has 0 saturated heterocycles.